The molecule has 1 atom stereocenters. The summed E-state index contributed by atoms with van der Waals surface area (Å²) in [6, 6.07) is 2.22. The van der Waals surface area contributed by atoms with Crippen molar-refractivity contribution in [1.82, 2.24) is 0 Å². The van der Waals surface area contributed by atoms with Crippen LogP contribution in [0.4, 0.5) is 17.6 Å². The van der Waals surface area contributed by atoms with Crippen LogP contribution in [0.2, 0.25) is 0 Å². The minimum absolute atomic E-state index is 0.263. The molecule has 0 unspecified atom stereocenters. The maximum Gasteiger partial charge on any atom is 0.419 e. The van der Waals surface area contributed by atoms with Gasteiger partial charge < -0.3 is 5.73 Å². The number of benzene rings is 1. The van der Waals surface area contributed by atoms with Crippen molar-refractivity contribution in [2.45, 2.75) is 19.1 Å². The molecule has 0 radical (unpaired) electrons. The van der Waals surface area contributed by atoms with Crippen LogP contribution in [0.15, 0.2) is 18.2 Å². The second-order valence-electron chi connectivity index (χ2n) is 3.03. The Bertz CT molecular complexity index is 330. The SMILES string of the molecule is C[C@H](N)c1ccc(F)c(C(F)(F)F)c1. The average Bonchev–Trinajstić information content (AvgIpc) is 2.02. The molecule has 0 saturated heterocycles. The van der Waals surface area contributed by atoms with Crippen molar-refractivity contribution in [1.29, 1.82) is 0 Å². The van der Waals surface area contributed by atoms with Gasteiger partial charge in [-0.25, -0.2) is 4.39 Å². The maximum atomic E-state index is 12.8. The van der Waals surface area contributed by atoms with Gasteiger partial charge in [0.15, 0.2) is 0 Å². The fourth-order valence-corrected chi connectivity index (χ4v) is 1.04. The molecular weight excluding hydrogens is 198 g/mol. The van der Waals surface area contributed by atoms with Gasteiger partial charge in [-0.2, -0.15) is 13.2 Å². The Balaban J connectivity index is 3.22. The Hall–Kier alpha value is -1.10. The van der Waals surface area contributed by atoms with Crippen molar-refractivity contribution >= 4 is 0 Å². The summed E-state index contributed by atoms with van der Waals surface area (Å²) in [5, 5.41) is 0. The predicted octanol–water partition coefficient (Wildman–Crippen LogP) is 2.86. The molecule has 1 rings (SSSR count). The Kier molecular flexibility index (Phi) is 2.80. The van der Waals surface area contributed by atoms with Crippen molar-refractivity contribution in [2.75, 3.05) is 0 Å². The van der Waals surface area contributed by atoms with E-state index in [2.05, 4.69) is 0 Å². The zero-order valence-electron chi connectivity index (χ0n) is 7.40. The fraction of sp³-hybridized carbons (Fsp3) is 0.333. The standard InChI is InChI=1S/C9H9F4N/c1-5(14)6-2-3-8(10)7(4-6)9(11,12)13/h2-5H,14H2,1H3/t5-/m0/s1. The fourth-order valence-electron chi connectivity index (χ4n) is 1.04. The van der Waals surface area contributed by atoms with E-state index in [1.807, 2.05) is 0 Å². The van der Waals surface area contributed by atoms with E-state index in [1.54, 1.807) is 0 Å². The van der Waals surface area contributed by atoms with Crippen LogP contribution in [0.1, 0.15) is 24.1 Å². The van der Waals surface area contributed by atoms with Gasteiger partial charge in [-0.05, 0) is 24.6 Å². The first-order valence-corrected chi connectivity index (χ1v) is 3.94. The molecule has 0 heterocycles. The summed E-state index contributed by atoms with van der Waals surface area (Å²) in [5.74, 6) is -1.28. The molecule has 14 heavy (non-hydrogen) atoms. The molecule has 2 N–H and O–H groups in total. The third kappa shape index (κ3) is 2.23. The van der Waals surface area contributed by atoms with Crippen LogP contribution >= 0.6 is 0 Å². The molecular formula is C9H9F4N. The Labute approximate surface area is 78.5 Å². The second-order valence-corrected chi connectivity index (χ2v) is 3.03. The summed E-state index contributed by atoms with van der Waals surface area (Å²) in [6.07, 6.45) is -4.67. The molecule has 1 nitrogen and oxygen atoms in total. The number of alkyl halides is 3. The molecule has 5 heteroatoms. The van der Waals surface area contributed by atoms with Crippen LogP contribution < -0.4 is 5.73 Å². The number of hydrogen-bond acceptors (Lipinski definition) is 1. The van der Waals surface area contributed by atoms with Crippen molar-refractivity contribution in [3.05, 3.63) is 35.1 Å². The molecule has 0 aliphatic heterocycles. The number of nitrogens with two attached hydrogens (primary N) is 1. The Morgan fingerprint density at radius 1 is 1.29 bits per heavy atom. The van der Waals surface area contributed by atoms with Crippen LogP contribution in [-0.4, -0.2) is 0 Å². The molecule has 78 valence electrons. The molecule has 0 aliphatic carbocycles. The lowest BCUT2D eigenvalue weighted by Gasteiger charge is -2.11. The summed E-state index contributed by atoms with van der Waals surface area (Å²) in [7, 11) is 0. The highest BCUT2D eigenvalue weighted by molar-refractivity contribution is 5.28. The van der Waals surface area contributed by atoms with Crippen LogP contribution in [0, 0.1) is 5.82 Å². The summed E-state index contributed by atoms with van der Waals surface area (Å²) in [6.45, 7) is 1.54. The lowest BCUT2D eigenvalue weighted by Crippen LogP contribution is -2.11. The Morgan fingerprint density at radius 3 is 2.29 bits per heavy atom. The van der Waals surface area contributed by atoms with E-state index in [-0.39, 0.29) is 5.56 Å². The third-order valence-corrected chi connectivity index (χ3v) is 1.82. The monoisotopic (exact) mass is 207 g/mol. The lowest BCUT2D eigenvalue weighted by atomic mass is 10.1. The van der Waals surface area contributed by atoms with Gasteiger partial charge in [-0.3, -0.25) is 0 Å². The molecule has 1 aromatic carbocycles. The highest BCUT2D eigenvalue weighted by Crippen LogP contribution is 2.32. The Morgan fingerprint density at radius 2 is 1.86 bits per heavy atom. The van der Waals surface area contributed by atoms with E-state index < -0.39 is 23.6 Å². The summed E-state index contributed by atoms with van der Waals surface area (Å²) in [4.78, 5) is 0. The highest BCUT2D eigenvalue weighted by Gasteiger charge is 2.34. The van der Waals surface area contributed by atoms with E-state index >= 15 is 0 Å². The minimum atomic E-state index is -4.67. The van der Waals surface area contributed by atoms with E-state index in [4.69, 9.17) is 5.73 Å². The predicted molar refractivity (Wildman–Crippen MR) is 44.0 cm³/mol. The number of rotatable bonds is 1. The molecule has 0 aromatic heterocycles. The first kappa shape index (κ1) is 11.0. The zero-order valence-corrected chi connectivity index (χ0v) is 7.40. The van der Waals surface area contributed by atoms with Crippen molar-refractivity contribution in [3.63, 3.8) is 0 Å². The largest absolute Gasteiger partial charge is 0.419 e. The quantitative estimate of drug-likeness (QED) is 0.704. The normalized spacial score (nSPS) is 14.1. The van der Waals surface area contributed by atoms with E-state index in [9.17, 15) is 17.6 Å². The average molecular weight is 207 g/mol. The van der Waals surface area contributed by atoms with Crippen LogP contribution in [0.3, 0.4) is 0 Å². The van der Waals surface area contributed by atoms with Crippen molar-refractivity contribution in [3.8, 4) is 0 Å². The van der Waals surface area contributed by atoms with Gasteiger partial charge in [0.25, 0.3) is 0 Å². The molecule has 0 spiro atoms. The molecule has 0 saturated carbocycles. The third-order valence-electron chi connectivity index (χ3n) is 1.82. The second kappa shape index (κ2) is 3.57. The van der Waals surface area contributed by atoms with Crippen LogP contribution in [0.25, 0.3) is 0 Å². The van der Waals surface area contributed by atoms with E-state index in [0.29, 0.717) is 0 Å². The van der Waals surface area contributed by atoms with Gasteiger partial charge in [0, 0.05) is 6.04 Å². The van der Waals surface area contributed by atoms with E-state index in [0.717, 1.165) is 12.1 Å². The first-order chi connectivity index (χ1) is 6.32. The molecule has 0 aliphatic rings. The molecule has 0 bridgehead atoms. The maximum absolute atomic E-state index is 12.8. The van der Waals surface area contributed by atoms with Crippen molar-refractivity contribution < 1.29 is 17.6 Å². The molecule has 0 amide bonds. The topological polar surface area (TPSA) is 26.0 Å². The van der Waals surface area contributed by atoms with Gasteiger partial charge >= 0.3 is 6.18 Å². The smallest absolute Gasteiger partial charge is 0.324 e. The van der Waals surface area contributed by atoms with Crippen LogP contribution in [0.5, 0.6) is 0 Å². The first-order valence-electron chi connectivity index (χ1n) is 3.94. The minimum Gasteiger partial charge on any atom is -0.324 e. The number of halogens is 4. The molecule has 0 fully saturated rings. The number of hydrogen-bond donors (Lipinski definition) is 1. The summed E-state index contributed by atoms with van der Waals surface area (Å²) >= 11 is 0. The van der Waals surface area contributed by atoms with Crippen molar-refractivity contribution in [2.24, 2.45) is 5.73 Å². The summed E-state index contributed by atoms with van der Waals surface area (Å²) < 4.78 is 49.4. The van der Waals surface area contributed by atoms with Gasteiger partial charge in [-0.15, -0.1) is 0 Å². The molecule has 1 aromatic rings. The highest BCUT2D eigenvalue weighted by atomic mass is 19.4. The van der Waals surface area contributed by atoms with Gasteiger partial charge in [0.05, 0.1) is 5.56 Å². The van der Waals surface area contributed by atoms with Gasteiger partial charge in [-0.1, -0.05) is 6.07 Å². The van der Waals surface area contributed by atoms with E-state index in [1.165, 1.54) is 13.0 Å². The van der Waals surface area contributed by atoms with Gasteiger partial charge in [0.1, 0.15) is 5.82 Å². The summed E-state index contributed by atoms with van der Waals surface area (Å²) in [5.41, 5.74) is 4.38. The van der Waals surface area contributed by atoms with Gasteiger partial charge in [0.2, 0.25) is 0 Å². The lowest BCUT2D eigenvalue weighted by molar-refractivity contribution is -0.140. The van der Waals surface area contributed by atoms with Crippen LogP contribution in [-0.2, 0) is 6.18 Å². The zero-order chi connectivity index (χ0) is 10.9.